The molecule has 1 aliphatic rings. The summed E-state index contributed by atoms with van der Waals surface area (Å²) in [5.74, 6) is 0.598. The van der Waals surface area contributed by atoms with Crippen LogP contribution in [0.5, 0.6) is 5.75 Å². The van der Waals surface area contributed by atoms with Crippen LogP contribution in [0.4, 0.5) is 0 Å². The summed E-state index contributed by atoms with van der Waals surface area (Å²) in [6.07, 6.45) is 1.04. The molecular weight excluding hydrogens is 414 g/mol. The van der Waals surface area contributed by atoms with Gasteiger partial charge in [0.25, 0.3) is 0 Å². The highest BCUT2D eigenvalue weighted by Crippen LogP contribution is 2.25. The lowest BCUT2D eigenvalue weighted by Crippen LogP contribution is -2.44. The zero-order valence-electron chi connectivity index (χ0n) is 18.3. The topological polar surface area (TPSA) is 79.0 Å². The fourth-order valence-corrected chi connectivity index (χ4v) is 5.36. The summed E-state index contributed by atoms with van der Waals surface area (Å²) >= 11 is 0. The van der Waals surface area contributed by atoms with Crippen molar-refractivity contribution in [3.05, 3.63) is 60.2 Å². The predicted octanol–water partition coefficient (Wildman–Crippen LogP) is 2.51. The van der Waals surface area contributed by atoms with Crippen LogP contribution in [0.25, 0.3) is 0 Å². The molecule has 0 aliphatic carbocycles. The van der Waals surface area contributed by atoms with Gasteiger partial charge in [-0.3, -0.25) is 4.79 Å². The second kappa shape index (κ2) is 10.3. The van der Waals surface area contributed by atoms with Crippen LogP contribution in [0.1, 0.15) is 24.4 Å². The van der Waals surface area contributed by atoms with Crippen LogP contribution in [-0.2, 0) is 14.8 Å². The van der Waals surface area contributed by atoms with E-state index in [4.69, 9.17) is 4.74 Å². The average molecular weight is 446 g/mol. The molecule has 1 N–H and O–H groups in total. The molecule has 168 valence electrons. The monoisotopic (exact) mass is 445 g/mol. The minimum Gasteiger partial charge on any atom is -0.497 e. The first-order chi connectivity index (χ1) is 14.8. The van der Waals surface area contributed by atoms with Crippen molar-refractivity contribution in [2.45, 2.75) is 23.8 Å². The van der Waals surface area contributed by atoms with E-state index in [1.54, 1.807) is 37.4 Å². The molecule has 0 aromatic heterocycles. The van der Waals surface area contributed by atoms with Crippen LogP contribution in [0, 0.1) is 5.92 Å². The largest absolute Gasteiger partial charge is 0.497 e. The van der Waals surface area contributed by atoms with Crippen LogP contribution < -0.4 is 10.1 Å². The highest BCUT2D eigenvalue weighted by atomic mass is 32.2. The predicted molar refractivity (Wildman–Crippen MR) is 120 cm³/mol. The summed E-state index contributed by atoms with van der Waals surface area (Å²) < 4.78 is 32.2. The molecule has 1 saturated heterocycles. The van der Waals surface area contributed by atoms with Gasteiger partial charge in [-0.05, 0) is 56.8 Å². The number of sulfonamides is 1. The van der Waals surface area contributed by atoms with Crippen LogP contribution in [0.2, 0.25) is 0 Å². The molecule has 7 nitrogen and oxygen atoms in total. The Balaban J connectivity index is 1.55. The highest BCUT2D eigenvalue weighted by Gasteiger charge is 2.32. The molecule has 2 aromatic carbocycles. The molecule has 1 fully saturated rings. The molecule has 31 heavy (non-hydrogen) atoms. The van der Waals surface area contributed by atoms with Gasteiger partial charge in [-0.1, -0.05) is 30.3 Å². The number of nitrogens with zero attached hydrogens (tertiary/aromatic N) is 2. The standard InChI is InChI=1S/C23H31N3O4S/c1-25(2)22(18-9-11-20(30-3)12-10-18)17-24-23(27)19-13-15-26(16-14-19)31(28,29)21-7-5-4-6-8-21/h4-12,19,22H,13-17H2,1-3H3,(H,24,27). The number of amides is 1. The van der Waals surface area contributed by atoms with Gasteiger partial charge in [0, 0.05) is 25.6 Å². The van der Waals surface area contributed by atoms with Crippen molar-refractivity contribution in [1.82, 2.24) is 14.5 Å². The quantitative estimate of drug-likeness (QED) is 0.676. The van der Waals surface area contributed by atoms with Crippen LogP contribution >= 0.6 is 0 Å². The average Bonchev–Trinajstić information content (AvgIpc) is 2.80. The third kappa shape index (κ3) is 5.64. The Morgan fingerprint density at radius 2 is 1.71 bits per heavy atom. The molecule has 0 radical (unpaired) electrons. The maximum Gasteiger partial charge on any atom is 0.243 e. The second-order valence-electron chi connectivity index (χ2n) is 7.99. The number of carbonyl (C=O) groups is 1. The van der Waals surface area contributed by atoms with Crippen molar-refractivity contribution in [1.29, 1.82) is 0 Å². The van der Waals surface area contributed by atoms with Crippen molar-refractivity contribution in [2.24, 2.45) is 5.92 Å². The minimum absolute atomic E-state index is 0.0166. The molecule has 0 spiro atoms. The van der Waals surface area contributed by atoms with E-state index in [2.05, 4.69) is 10.2 Å². The van der Waals surface area contributed by atoms with Gasteiger partial charge >= 0.3 is 0 Å². The summed E-state index contributed by atoms with van der Waals surface area (Å²) in [6.45, 7) is 1.19. The number of ether oxygens (including phenoxy) is 1. The molecule has 1 unspecified atom stereocenters. The summed E-state index contributed by atoms with van der Waals surface area (Å²) in [5, 5.41) is 3.07. The first-order valence-corrected chi connectivity index (χ1v) is 11.9. The number of nitrogens with one attached hydrogen (secondary N) is 1. The Bertz CT molecular complexity index is 954. The molecule has 0 bridgehead atoms. The number of methoxy groups -OCH3 is 1. The zero-order chi connectivity index (χ0) is 22.4. The fraction of sp³-hybridized carbons (Fsp3) is 0.435. The minimum atomic E-state index is -3.51. The van der Waals surface area contributed by atoms with Crippen molar-refractivity contribution in [3.63, 3.8) is 0 Å². The number of rotatable bonds is 8. The SMILES string of the molecule is COc1ccc(C(CNC(=O)C2CCN(S(=O)(=O)c3ccccc3)CC2)N(C)C)cc1. The van der Waals surface area contributed by atoms with Crippen molar-refractivity contribution in [2.75, 3.05) is 40.8 Å². The Morgan fingerprint density at radius 1 is 1.10 bits per heavy atom. The molecule has 1 atom stereocenters. The number of likely N-dealkylation sites (N-methyl/N-ethyl adjacent to an activating group) is 1. The normalized spacial score (nSPS) is 16.8. The first kappa shape index (κ1) is 23.2. The number of carbonyl (C=O) groups excluding carboxylic acids is 1. The summed E-state index contributed by atoms with van der Waals surface area (Å²) in [4.78, 5) is 15.1. The summed E-state index contributed by atoms with van der Waals surface area (Å²) in [5.41, 5.74) is 1.09. The highest BCUT2D eigenvalue weighted by molar-refractivity contribution is 7.89. The van der Waals surface area contributed by atoms with Crippen molar-refractivity contribution < 1.29 is 17.9 Å². The van der Waals surface area contributed by atoms with E-state index in [1.807, 2.05) is 38.4 Å². The van der Waals surface area contributed by atoms with E-state index in [9.17, 15) is 13.2 Å². The van der Waals surface area contributed by atoms with Gasteiger partial charge in [-0.15, -0.1) is 0 Å². The Labute approximate surface area is 185 Å². The molecule has 1 amide bonds. The Hall–Kier alpha value is -2.42. The number of benzene rings is 2. The molecule has 1 heterocycles. The third-order valence-electron chi connectivity index (χ3n) is 5.80. The van der Waals surface area contributed by atoms with Gasteiger partial charge in [0.15, 0.2) is 0 Å². The smallest absolute Gasteiger partial charge is 0.243 e. The van der Waals surface area contributed by atoms with Crippen molar-refractivity contribution >= 4 is 15.9 Å². The molecule has 2 aromatic rings. The van der Waals surface area contributed by atoms with Crippen molar-refractivity contribution in [3.8, 4) is 5.75 Å². The van der Waals surface area contributed by atoms with Gasteiger partial charge in [0.05, 0.1) is 18.0 Å². The summed E-state index contributed by atoms with van der Waals surface area (Å²) in [7, 11) is 2.09. The number of piperidine rings is 1. The fourth-order valence-electron chi connectivity index (χ4n) is 3.87. The summed E-state index contributed by atoms with van der Waals surface area (Å²) in [6, 6.07) is 16.3. The third-order valence-corrected chi connectivity index (χ3v) is 7.71. The van der Waals surface area contributed by atoms with Crippen LogP contribution in [0.3, 0.4) is 0 Å². The lowest BCUT2D eigenvalue weighted by Gasteiger charge is -2.31. The maximum absolute atomic E-state index is 12.8. The maximum atomic E-state index is 12.8. The first-order valence-electron chi connectivity index (χ1n) is 10.5. The number of hydrogen-bond donors (Lipinski definition) is 1. The van der Waals surface area contributed by atoms with Gasteiger partial charge in [-0.2, -0.15) is 4.31 Å². The lowest BCUT2D eigenvalue weighted by atomic mass is 9.97. The molecule has 0 saturated carbocycles. The van der Waals surface area contributed by atoms with Gasteiger partial charge in [0.2, 0.25) is 15.9 Å². The molecule has 1 aliphatic heterocycles. The molecule has 3 rings (SSSR count). The van der Waals surface area contributed by atoms with E-state index in [1.165, 1.54) is 4.31 Å². The Kier molecular flexibility index (Phi) is 7.69. The Morgan fingerprint density at radius 3 is 2.26 bits per heavy atom. The van der Waals surface area contributed by atoms with E-state index in [0.29, 0.717) is 37.4 Å². The van der Waals surface area contributed by atoms with Gasteiger partial charge in [0.1, 0.15) is 5.75 Å². The zero-order valence-corrected chi connectivity index (χ0v) is 19.1. The van der Waals surface area contributed by atoms with E-state index in [0.717, 1.165) is 11.3 Å². The van der Waals surface area contributed by atoms with Crippen LogP contribution in [-0.4, -0.2) is 64.4 Å². The van der Waals surface area contributed by atoms with E-state index in [-0.39, 0.29) is 17.9 Å². The molecular formula is C23H31N3O4S. The lowest BCUT2D eigenvalue weighted by molar-refractivity contribution is -0.126. The second-order valence-corrected chi connectivity index (χ2v) is 9.93. The van der Waals surface area contributed by atoms with E-state index >= 15 is 0 Å². The van der Waals surface area contributed by atoms with Crippen LogP contribution in [0.15, 0.2) is 59.5 Å². The molecule has 8 heteroatoms. The van der Waals surface area contributed by atoms with Gasteiger partial charge < -0.3 is 15.0 Å². The van der Waals surface area contributed by atoms with E-state index < -0.39 is 10.0 Å². The van der Waals surface area contributed by atoms with Gasteiger partial charge in [-0.25, -0.2) is 8.42 Å². The number of hydrogen-bond acceptors (Lipinski definition) is 5.